The second-order valence-corrected chi connectivity index (χ2v) is 5.61. The van der Waals surface area contributed by atoms with Gasteiger partial charge in [0.25, 0.3) is 0 Å². The van der Waals surface area contributed by atoms with E-state index in [0.717, 1.165) is 29.6 Å². The minimum absolute atomic E-state index is 0. The first kappa shape index (κ1) is 22.8. The van der Waals surface area contributed by atoms with E-state index in [2.05, 4.69) is 36.4 Å². The molecule has 2 N–H and O–H groups in total. The maximum absolute atomic E-state index is 5.46. The van der Waals surface area contributed by atoms with Crippen LogP contribution in [0.15, 0.2) is 23.2 Å². The summed E-state index contributed by atoms with van der Waals surface area (Å²) in [5.74, 6) is 3.11. The largest absolute Gasteiger partial charge is 0.497 e. The first-order valence-electron chi connectivity index (χ1n) is 8.28. The van der Waals surface area contributed by atoms with Gasteiger partial charge < -0.3 is 20.1 Å². The molecule has 1 atom stereocenters. The number of rotatable bonds is 8. The Balaban J connectivity index is 0.00000529. The zero-order valence-electron chi connectivity index (χ0n) is 15.7. The second-order valence-electron chi connectivity index (χ2n) is 5.61. The molecule has 0 saturated heterocycles. The summed E-state index contributed by atoms with van der Waals surface area (Å²) in [6.07, 6.45) is 2.33. The Morgan fingerprint density at radius 1 is 1.17 bits per heavy atom. The van der Waals surface area contributed by atoms with Crippen LogP contribution < -0.4 is 20.1 Å². The summed E-state index contributed by atoms with van der Waals surface area (Å²) in [7, 11) is 5.13. The Kier molecular flexibility index (Phi) is 11.6. The van der Waals surface area contributed by atoms with Crippen molar-refractivity contribution >= 4 is 29.9 Å². The molecule has 1 aromatic rings. The maximum atomic E-state index is 5.46. The summed E-state index contributed by atoms with van der Waals surface area (Å²) in [4.78, 5) is 4.31. The number of methoxy groups -OCH3 is 2. The normalized spacial score (nSPS) is 12.4. The number of guanidine groups is 1. The highest BCUT2D eigenvalue weighted by Crippen LogP contribution is 2.29. The van der Waals surface area contributed by atoms with Crippen LogP contribution in [0.3, 0.4) is 0 Å². The third-order valence-corrected chi connectivity index (χ3v) is 4.19. The van der Waals surface area contributed by atoms with Crippen LogP contribution in [0.4, 0.5) is 0 Å². The van der Waals surface area contributed by atoms with E-state index in [1.165, 1.54) is 12.8 Å². The molecular weight excluding hydrogens is 417 g/mol. The van der Waals surface area contributed by atoms with Gasteiger partial charge in [-0.3, -0.25) is 4.99 Å². The number of hydrogen-bond acceptors (Lipinski definition) is 3. The molecule has 0 saturated carbocycles. The summed E-state index contributed by atoms with van der Waals surface area (Å²) < 4.78 is 10.8. The lowest BCUT2D eigenvalue weighted by molar-refractivity contribution is 0.394. The summed E-state index contributed by atoms with van der Waals surface area (Å²) in [5.41, 5.74) is 1.04. The number of benzene rings is 1. The molecule has 0 radical (unpaired) electrons. The SMILES string of the molecule is CCC(CC)CNC(=NC)NC(C)c1cc(OC)ccc1OC.I. The van der Waals surface area contributed by atoms with Crippen molar-refractivity contribution in [1.29, 1.82) is 0 Å². The number of aliphatic imine (C=N–C) groups is 1. The molecule has 6 heteroatoms. The molecule has 1 unspecified atom stereocenters. The molecule has 0 fully saturated rings. The third kappa shape index (κ3) is 6.75. The van der Waals surface area contributed by atoms with E-state index in [-0.39, 0.29) is 30.0 Å². The van der Waals surface area contributed by atoms with E-state index in [4.69, 9.17) is 9.47 Å². The average Bonchev–Trinajstić information content (AvgIpc) is 2.60. The minimum atomic E-state index is 0. The standard InChI is InChI=1S/C18H31N3O2.HI/c1-7-14(8-2)12-20-18(19-4)21-13(3)16-11-15(22-5)9-10-17(16)23-6;/h9-11,13-14H,7-8,12H2,1-6H3,(H2,19,20,21);1H. The highest BCUT2D eigenvalue weighted by Gasteiger charge is 2.14. The molecule has 138 valence electrons. The molecule has 0 aliphatic carbocycles. The Hall–Kier alpha value is -1.18. The lowest BCUT2D eigenvalue weighted by Crippen LogP contribution is -2.40. The van der Waals surface area contributed by atoms with E-state index in [9.17, 15) is 0 Å². The fourth-order valence-electron chi connectivity index (χ4n) is 2.47. The summed E-state index contributed by atoms with van der Waals surface area (Å²) in [6, 6.07) is 5.86. The van der Waals surface area contributed by atoms with Crippen molar-refractivity contribution in [3.63, 3.8) is 0 Å². The first-order valence-corrected chi connectivity index (χ1v) is 8.28. The average molecular weight is 449 g/mol. The Labute approximate surface area is 163 Å². The van der Waals surface area contributed by atoms with Crippen LogP contribution in [0.2, 0.25) is 0 Å². The van der Waals surface area contributed by atoms with Gasteiger partial charge in [0, 0.05) is 19.2 Å². The van der Waals surface area contributed by atoms with Crippen LogP contribution in [0.1, 0.15) is 45.2 Å². The smallest absolute Gasteiger partial charge is 0.191 e. The molecule has 0 aliphatic heterocycles. The van der Waals surface area contributed by atoms with Gasteiger partial charge in [-0.25, -0.2) is 0 Å². The van der Waals surface area contributed by atoms with E-state index in [1.54, 1.807) is 21.3 Å². The summed E-state index contributed by atoms with van der Waals surface area (Å²) in [5, 5.41) is 6.82. The van der Waals surface area contributed by atoms with Gasteiger partial charge in [0.2, 0.25) is 0 Å². The van der Waals surface area contributed by atoms with Crippen molar-refractivity contribution in [3.8, 4) is 11.5 Å². The summed E-state index contributed by atoms with van der Waals surface area (Å²) in [6.45, 7) is 7.45. The molecule has 0 spiro atoms. The van der Waals surface area contributed by atoms with E-state index in [1.807, 2.05) is 18.2 Å². The van der Waals surface area contributed by atoms with Gasteiger partial charge in [0.1, 0.15) is 11.5 Å². The molecule has 0 aromatic heterocycles. The predicted octanol–water partition coefficient (Wildman–Crippen LogP) is 3.98. The van der Waals surface area contributed by atoms with Crippen LogP contribution in [-0.4, -0.2) is 33.8 Å². The maximum Gasteiger partial charge on any atom is 0.191 e. The molecule has 5 nitrogen and oxygen atoms in total. The fraction of sp³-hybridized carbons (Fsp3) is 0.611. The fourth-order valence-corrected chi connectivity index (χ4v) is 2.47. The Morgan fingerprint density at radius 3 is 2.33 bits per heavy atom. The van der Waals surface area contributed by atoms with Crippen molar-refractivity contribution in [3.05, 3.63) is 23.8 Å². The molecule has 0 bridgehead atoms. The van der Waals surface area contributed by atoms with Gasteiger partial charge in [-0.15, -0.1) is 24.0 Å². The van der Waals surface area contributed by atoms with E-state index >= 15 is 0 Å². The first-order chi connectivity index (χ1) is 11.1. The van der Waals surface area contributed by atoms with Crippen molar-refractivity contribution in [2.45, 2.75) is 39.7 Å². The van der Waals surface area contributed by atoms with Crippen molar-refractivity contribution in [1.82, 2.24) is 10.6 Å². The van der Waals surface area contributed by atoms with Crippen LogP contribution >= 0.6 is 24.0 Å². The number of ether oxygens (including phenoxy) is 2. The van der Waals surface area contributed by atoms with Gasteiger partial charge in [-0.05, 0) is 31.0 Å². The topological polar surface area (TPSA) is 54.9 Å². The number of halogens is 1. The molecule has 0 amide bonds. The van der Waals surface area contributed by atoms with Gasteiger partial charge in [-0.2, -0.15) is 0 Å². The zero-order valence-corrected chi connectivity index (χ0v) is 18.0. The Bertz CT molecular complexity index is 505. The zero-order chi connectivity index (χ0) is 17.2. The molecule has 1 rings (SSSR count). The minimum Gasteiger partial charge on any atom is -0.497 e. The predicted molar refractivity (Wildman–Crippen MR) is 112 cm³/mol. The molecule has 1 aromatic carbocycles. The van der Waals surface area contributed by atoms with Gasteiger partial charge in [0.15, 0.2) is 5.96 Å². The highest BCUT2D eigenvalue weighted by atomic mass is 127. The number of hydrogen-bond donors (Lipinski definition) is 2. The molecule has 0 aliphatic rings. The van der Waals surface area contributed by atoms with Crippen molar-refractivity contribution in [2.24, 2.45) is 10.9 Å². The highest BCUT2D eigenvalue weighted by molar-refractivity contribution is 14.0. The quantitative estimate of drug-likeness (QED) is 0.358. The second kappa shape index (κ2) is 12.2. The van der Waals surface area contributed by atoms with Crippen LogP contribution in [-0.2, 0) is 0 Å². The van der Waals surface area contributed by atoms with Crippen LogP contribution in [0.25, 0.3) is 0 Å². The van der Waals surface area contributed by atoms with Crippen LogP contribution in [0.5, 0.6) is 11.5 Å². The molecule has 0 heterocycles. The lowest BCUT2D eigenvalue weighted by atomic mass is 10.0. The number of nitrogens with one attached hydrogen (secondary N) is 2. The van der Waals surface area contributed by atoms with Crippen molar-refractivity contribution in [2.75, 3.05) is 27.8 Å². The monoisotopic (exact) mass is 449 g/mol. The van der Waals surface area contributed by atoms with Gasteiger partial charge in [0.05, 0.1) is 20.3 Å². The van der Waals surface area contributed by atoms with Crippen LogP contribution in [0, 0.1) is 5.92 Å². The molecular formula is C18H32IN3O2. The Morgan fingerprint density at radius 2 is 1.83 bits per heavy atom. The molecule has 24 heavy (non-hydrogen) atoms. The van der Waals surface area contributed by atoms with Gasteiger partial charge >= 0.3 is 0 Å². The summed E-state index contributed by atoms with van der Waals surface area (Å²) >= 11 is 0. The van der Waals surface area contributed by atoms with Crippen molar-refractivity contribution < 1.29 is 9.47 Å². The van der Waals surface area contributed by atoms with E-state index in [0.29, 0.717) is 5.92 Å². The number of nitrogens with zero attached hydrogens (tertiary/aromatic N) is 1. The third-order valence-electron chi connectivity index (χ3n) is 4.19. The lowest BCUT2D eigenvalue weighted by Gasteiger charge is -2.22. The van der Waals surface area contributed by atoms with E-state index < -0.39 is 0 Å². The van der Waals surface area contributed by atoms with Gasteiger partial charge in [-0.1, -0.05) is 26.7 Å².